The van der Waals surface area contributed by atoms with E-state index in [4.69, 9.17) is 9.15 Å². The lowest BCUT2D eigenvalue weighted by Gasteiger charge is -2.40. The van der Waals surface area contributed by atoms with Crippen molar-refractivity contribution >= 4 is 34.6 Å². The number of rotatable bonds is 6. The maximum absolute atomic E-state index is 13.3. The summed E-state index contributed by atoms with van der Waals surface area (Å²) in [7, 11) is 0. The van der Waals surface area contributed by atoms with Gasteiger partial charge in [-0.25, -0.2) is 4.79 Å². The first-order valence-corrected chi connectivity index (χ1v) is 14.0. The molecule has 1 saturated heterocycles. The van der Waals surface area contributed by atoms with E-state index < -0.39 is 29.8 Å². The number of carbonyl (C=O) groups is 3. The number of furan rings is 1. The van der Waals surface area contributed by atoms with Gasteiger partial charge in [-0.15, -0.1) is 0 Å². The number of carbonyl (C=O) groups excluding carboxylic acids is 3. The Hall–Kier alpha value is -5.07. The number of likely N-dealkylation sites (tertiary alicyclic amines) is 1. The summed E-state index contributed by atoms with van der Waals surface area (Å²) >= 11 is 0. The van der Waals surface area contributed by atoms with Gasteiger partial charge in [-0.2, -0.15) is 13.2 Å². The predicted octanol–water partition coefficient (Wildman–Crippen LogP) is 4.69. The van der Waals surface area contributed by atoms with Crippen molar-refractivity contribution in [2.24, 2.45) is 0 Å². The average molecular weight is 609 g/mol. The number of fused-ring (bicyclic) bond motifs is 2. The van der Waals surface area contributed by atoms with Crippen LogP contribution in [0.1, 0.15) is 40.1 Å². The van der Waals surface area contributed by atoms with Gasteiger partial charge in [0.05, 0.1) is 17.8 Å². The number of aromatic nitrogens is 1. The van der Waals surface area contributed by atoms with E-state index in [1.54, 1.807) is 34.1 Å². The number of nitrogens with zero attached hydrogens (tertiary/aromatic N) is 3. The van der Waals surface area contributed by atoms with E-state index in [0.717, 1.165) is 17.3 Å². The molecule has 3 amide bonds. The van der Waals surface area contributed by atoms with Crippen LogP contribution >= 0.6 is 0 Å². The summed E-state index contributed by atoms with van der Waals surface area (Å²) in [6.45, 7) is 0.493. The number of anilines is 1. The topological polar surface area (TPSA) is 114 Å². The number of amides is 3. The molecule has 0 spiro atoms. The Kier molecular flexibility index (Phi) is 7.62. The van der Waals surface area contributed by atoms with Gasteiger partial charge < -0.3 is 23.9 Å². The highest BCUT2D eigenvalue weighted by Gasteiger charge is 2.35. The molecule has 2 aromatic heterocycles. The molecule has 13 heteroatoms. The highest BCUT2D eigenvalue weighted by Crippen LogP contribution is 2.32. The van der Waals surface area contributed by atoms with Crippen LogP contribution in [0.2, 0.25) is 0 Å². The van der Waals surface area contributed by atoms with Crippen LogP contribution in [0.15, 0.2) is 76.1 Å². The normalized spacial score (nSPS) is 15.7. The van der Waals surface area contributed by atoms with Gasteiger partial charge in [-0.3, -0.25) is 19.3 Å². The number of piperidine rings is 1. The average Bonchev–Trinajstić information content (AvgIpc) is 3.43. The Labute approximate surface area is 248 Å². The summed E-state index contributed by atoms with van der Waals surface area (Å²) in [5.74, 6) is -0.485. The molecular weight excluding hydrogens is 581 g/mol. The third-order valence-corrected chi connectivity index (χ3v) is 7.82. The fraction of sp³-hybridized carbons (Fsp3) is 0.290. The standard InChI is InChI=1S/C31H27F3N4O6/c32-31(33,34)22-7-8-28(40)37(16-22)17-27(39)35-15-24-13-19-5-6-20(14-26(19)44-24)29(41)36-11-9-23(10-12-36)38-25-4-2-1-3-21(25)18-43-30(38)42/h1-8,13-14,16,23H,9-12,15,17-18H2,(H,35,39). The minimum atomic E-state index is -4.65. The first-order chi connectivity index (χ1) is 21.1. The van der Waals surface area contributed by atoms with E-state index in [-0.39, 0.29) is 31.2 Å². The molecule has 1 N–H and O–H groups in total. The van der Waals surface area contributed by atoms with Gasteiger partial charge in [0.15, 0.2) is 0 Å². The van der Waals surface area contributed by atoms with Crippen molar-refractivity contribution in [3.63, 3.8) is 0 Å². The fourth-order valence-electron chi connectivity index (χ4n) is 5.56. The van der Waals surface area contributed by atoms with E-state index in [9.17, 15) is 32.3 Å². The number of pyridine rings is 1. The SMILES string of the molecule is O=C(Cn1cc(C(F)(F)F)ccc1=O)NCc1cc2ccc(C(=O)N3CCC(N4C(=O)OCc5ccccc54)CC3)cc2o1. The number of para-hydroxylation sites is 1. The minimum Gasteiger partial charge on any atom is -0.459 e. The number of alkyl halides is 3. The lowest BCUT2D eigenvalue weighted by molar-refractivity contribution is -0.138. The Balaban J connectivity index is 1.06. The molecule has 4 aromatic rings. The maximum Gasteiger partial charge on any atom is 0.417 e. The van der Waals surface area contributed by atoms with Crippen LogP contribution < -0.4 is 15.8 Å². The fourth-order valence-corrected chi connectivity index (χ4v) is 5.56. The highest BCUT2D eigenvalue weighted by molar-refractivity contribution is 5.98. The second-order valence-corrected chi connectivity index (χ2v) is 10.7. The molecule has 44 heavy (non-hydrogen) atoms. The van der Waals surface area contributed by atoms with Crippen LogP contribution in [0.4, 0.5) is 23.7 Å². The summed E-state index contributed by atoms with van der Waals surface area (Å²) in [4.78, 5) is 53.6. The summed E-state index contributed by atoms with van der Waals surface area (Å²) in [6.07, 6.45) is -3.24. The van der Waals surface area contributed by atoms with E-state index in [0.29, 0.717) is 65.1 Å². The molecule has 2 aliphatic heterocycles. The quantitative estimate of drug-likeness (QED) is 0.340. The molecule has 0 atom stereocenters. The molecule has 0 unspecified atom stereocenters. The number of halogens is 3. The zero-order valence-corrected chi connectivity index (χ0v) is 23.3. The molecule has 0 aliphatic carbocycles. The van der Waals surface area contributed by atoms with Crippen LogP contribution in [0, 0.1) is 0 Å². The molecule has 2 aliphatic rings. The van der Waals surface area contributed by atoms with Crippen LogP contribution in [0.5, 0.6) is 0 Å². The zero-order valence-electron chi connectivity index (χ0n) is 23.3. The number of hydrogen-bond donors (Lipinski definition) is 1. The van der Waals surface area contributed by atoms with Crippen molar-refractivity contribution in [1.29, 1.82) is 0 Å². The van der Waals surface area contributed by atoms with Gasteiger partial charge >= 0.3 is 12.3 Å². The van der Waals surface area contributed by atoms with Gasteiger partial charge in [0.25, 0.3) is 11.5 Å². The molecule has 10 nitrogen and oxygen atoms in total. The smallest absolute Gasteiger partial charge is 0.417 e. The van der Waals surface area contributed by atoms with E-state index in [1.807, 2.05) is 24.3 Å². The van der Waals surface area contributed by atoms with E-state index in [1.165, 1.54) is 0 Å². The zero-order chi connectivity index (χ0) is 31.0. The van der Waals surface area contributed by atoms with Crippen molar-refractivity contribution < 1.29 is 36.7 Å². The maximum atomic E-state index is 13.3. The van der Waals surface area contributed by atoms with Crippen molar-refractivity contribution in [3.8, 4) is 0 Å². The Morgan fingerprint density at radius 2 is 1.75 bits per heavy atom. The lowest BCUT2D eigenvalue weighted by atomic mass is 10.00. The Morgan fingerprint density at radius 1 is 0.977 bits per heavy atom. The van der Waals surface area contributed by atoms with Gasteiger partial charge in [0.2, 0.25) is 5.91 Å². The molecule has 228 valence electrons. The van der Waals surface area contributed by atoms with Gasteiger partial charge in [-0.1, -0.05) is 24.3 Å². The number of ether oxygens (including phenoxy) is 1. The first-order valence-electron chi connectivity index (χ1n) is 14.0. The van der Waals surface area contributed by atoms with Crippen LogP contribution in [-0.4, -0.2) is 46.5 Å². The van der Waals surface area contributed by atoms with E-state index in [2.05, 4.69) is 5.32 Å². The first kappa shape index (κ1) is 29.0. The van der Waals surface area contributed by atoms with Gasteiger partial charge in [0, 0.05) is 47.9 Å². The van der Waals surface area contributed by atoms with Crippen LogP contribution in [0.25, 0.3) is 11.0 Å². The number of benzene rings is 2. The van der Waals surface area contributed by atoms with Crippen LogP contribution in [-0.2, 0) is 35.4 Å². The third-order valence-electron chi connectivity index (χ3n) is 7.82. The molecule has 0 saturated carbocycles. The summed E-state index contributed by atoms with van der Waals surface area (Å²) < 4.78 is 50.8. The number of hydrogen-bond acceptors (Lipinski definition) is 6. The molecule has 1 fully saturated rings. The largest absolute Gasteiger partial charge is 0.459 e. The lowest BCUT2D eigenvalue weighted by Crippen LogP contribution is -2.50. The summed E-state index contributed by atoms with van der Waals surface area (Å²) in [5.41, 5.74) is 0.868. The molecule has 0 bridgehead atoms. The highest BCUT2D eigenvalue weighted by atomic mass is 19.4. The summed E-state index contributed by atoms with van der Waals surface area (Å²) in [5, 5.41) is 3.23. The second kappa shape index (κ2) is 11.5. The molecule has 4 heterocycles. The van der Waals surface area contributed by atoms with Gasteiger partial charge in [0.1, 0.15) is 24.5 Å². The molecule has 2 aromatic carbocycles. The predicted molar refractivity (Wildman–Crippen MR) is 152 cm³/mol. The Morgan fingerprint density at radius 3 is 2.52 bits per heavy atom. The van der Waals surface area contributed by atoms with Crippen molar-refractivity contribution in [1.82, 2.24) is 14.8 Å². The monoisotopic (exact) mass is 608 g/mol. The van der Waals surface area contributed by atoms with Crippen LogP contribution in [0.3, 0.4) is 0 Å². The minimum absolute atomic E-state index is 0.0694. The molecule has 0 radical (unpaired) electrons. The van der Waals surface area contributed by atoms with E-state index >= 15 is 0 Å². The van der Waals surface area contributed by atoms with Crippen molar-refractivity contribution in [2.45, 2.75) is 44.8 Å². The molecular formula is C31H27F3N4O6. The number of nitrogens with one attached hydrogen (secondary N) is 1. The number of cyclic esters (lactones) is 1. The van der Waals surface area contributed by atoms with Crippen molar-refractivity contribution in [3.05, 3.63) is 99.7 Å². The summed E-state index contributed by atoms with van der Waals surface area (Å²) in [6, 6.07) is 15.7. The van der Waals surface area contributed by atoms with Crippen molar-refractivity contribution in [2.75, 3.05) is 18.0 Å². The molecule has 6 rings (SSSR count). The third kappa shape index (κ3) is 5.90. The van der Waals surface area contributed by atoms with Gasteiger partial charge in [-0.05, 0) is 43.2 Å². The Bertz CT molecular complexity index is 1810. The second-order valence-electron chi connectivity index (χ2n) is 10.7.